The maximum absolute atomic E-state index is 16.0. The van der Waals surface area contributed by atoms with Gasteiger partial charge in [-0.05, 0) is 36.2 Å². The van der Waals surface area contributed by atoms with Gasteiger partial charge in [-0.3, -0.25) is 19.9 Å². The number of carbonyl (C=O) groups excluding carboxylic acids is 1. The van der Waals surface area contributed by atoms with Gasteiger partial charge in [0.2, 0.25) is 5.91 Å². The first-order valence-corrected chi connectivity index (χ1v) is 11.8. The average molecular weight is 496 g/mol. The van der Waals surface area contributed by atoms with Crippen LogP contribution in [0.15, 0.2) is 65.9 Å². The van der Waals surface area contributed by atoms with Gasteiger partial charge in [0.05, 0.1) is 40.8 Å². The third-order valence-corrected chi connectivity index (χ3v) is 6.01. The lowest BCUT2D eigenvalue weighted by atomic mass is 10.0. The number of aromatic amines is 2. The van der Waals surface area contributed by atoms with Crippen LogP contribution in [0, 0.1) is 11.7 Å². The molecule has 37 heavy (non-hydrogen) atoms. The molecule has 0 saturated heterocycles. The first kappa shape index (κ1) is 22.6. The Morgan fingerprint density at radius 2 is 2.00 bits per heavy atom. The van der Waals surface area contributed by atoms with E-state index in [-0.39, 0.29) is 11.8 Å². The van der Waals surface area contributed by atoms with Gasteiger partial charge in [-0.25, -0.2) is 9.37 Å². The van der Waals surface area contributed by atoms with Gasteiger partial charge in [0, 0.05) is 35.5 Å². The zero-order chi connectivity index (χ0) is 25.5. The second-order valence-corrected chi connectivity index (χ2v) is 9.18. The molecule has 0 radical (unpaired) electrons. The predicted octanol–water partition coefficient (Wildman–Crippen LogP) is 5.95. The van der Waals surface area contributed by atoms with E-state index in [1.165, 1.54) is 0 Å². The van der Waals surface area contributed by atoms with Gasteiger partial charge in [-0.15, -0.1) is 0 Å². The Hall–Kier alpha value is -4.86. The van der Waals surface area contributed by atoms with E-state index < -0.39 is 5.82 Å². The third-order valence-electron chi connectivity index (χ3n) is 6.01. The standard InChI is InChI=1S/C27H22FN7O2/c1-14(2)9-21(36)31-17-10-16(11-29-12-17)18-3-4-19-22(23(18)28)26(35-34-19)27-32-20-5-7-30-24(25(20)33-27)15-6-8-37-13-15/h3-8,10-14H,9H2,1-2H3,(H,31,36)(H,32,33)(H,34,35). The number of hydrogen-bond acceptors (Lipinski definition) is 6. The first-order valence-electron chi connectivity index (χ1n) is 11.8. The summed E-state index contributed by atoms with van der Waals surface area (Å²) in [6.45, 7) is 3.94. The number of halogens is 1. The Labute approximate surface area is 210 Å². The molecule has 0 aliphatic carbocycles. The molecule has 3 N–H and O–H groups in total. The number of pyridine rings is 2. The number of H-pyrrole nitrogens is 2. The number of aromatic nitrogens is 6. The Balaban J connectivity index is 1.42. The van der Waals surface area contributed by atoms with Crippen LogP contribution in [-0.2, 0) is 4.79 Å². The molecule has 0 saturated carbocycles. The van der Waals surface area contributed by atoms with Crippen molar-refractivity contribution in [2.45, 2.75) is 20.3 Å². The molecule has 0 bridgehead atoms. The molecule has 1 aromatic carbocycles. The number of hydrogen-bond donors (Lipinski definition) is 3. The van der Waals surface area contributed by atoms with Crippen LogP contribution in [0.5, 0.6) is 0 Å². The zero-order valence-electron chi connectivity index (χ0n) is 20.0. The maximum atomic E-state index is 16.0. The van der Waals surface area contributed by atoms with Crippen molar-refractivity contribution in [3.63, 3.8) is 0 Å². The Kier molecular flexibility index (Phi) is 5.48. The maximum Gasteiger partial charge on any atom is 0.224 e. The van der Waals surface area contributed by atoms with Crippen LogP contribution in [0.25, 0.3) is 55.8 Å². The number of rotatable bonds is 6. The summed E-state index contributed by atoms with van der Waals surface area (Å²) in [7, 11) is 0. The molecule has 5 heterocycles. The molecular formula is C27H22FN7O2. The average Bonchev–Trinajstić information content (AvgIpc) is 3.62. The SMILES string of the molecule is CC(C)CC(=O)Nc1cncc(-c2ccc3[nH]nc(-c4nc5c(-c6ccoc6)nccc5[nH]4)c3c2F)c1. The van der Waals surface area contributed by atoms with Crippen LogP contribution in [0.1, 0.15) is 20.3 Å². The highest BCUT2D eigenvalue weighted by atomic mass is 19.1. The molecular weight excluding hydrogens is 473 g/mol. The molecule has 10 heteroatoms. The van der Waals surface area contributed by atoms with Crippen LogP contribution in [0.3, 0.4) is 0 Å². The summed E-state index contributed by atoms with van der Waals surface area (Å²) in [5.74, 6) is 0.0432. The zero-order valence-corrected chi connectivity index (χ0v) is 20.0. The van der Waals surface area contributed by atoms with Gasteiger partial charge in [0.15, 0.2) is 5.82 Å². The number of carbonyl (C=O) groups is 1. The van der Waals surface area contributed by atoms with E-state index in [2.05, 4.69) is 30.5 Å². The number of nitrogens with one attached hydrogen (secondary N) is 3. The first-order chi connectivity index (χ1) is 18.0. The normalized spacial score (nSPS) is 11.6. The Morgan fingerprint density at radius 1 is 1.11 bits per heavy atom. The molecule has 0 aliphatic heterocycles. The van der Waals surface area contributed by atoms with Gasteiger partial charge < -0.3 is 14.7 Å². The van der Waals surface area contributed by atoms with Crippen LogP contribution in [0.2, 0.25) is 0 Å². The van der Waals surface area contributed by atoms with E-state index >= 15 is 4.39 Å². The second-order valence-electron chi connectivity index (χ2n) is 9.18. The minimum Gasteiger partial charge on any atom is -0.472 e. The second kappa shape index (κ2) is 8.98. The molecule has 9 nitrogen and oxygen atoms in total. The molecule has 6 aromatic rings. The number of fused-ring (bicyclic) bond motifs is 2. The Morgan fingerprint density at radius 3 is 2.81 bits per heavy atom. The lowest BCUT2D eigenvalue weighted by Gasteiger charge is -2.09. The largest absolute Gasteiger partial charge is 0.472 e. The highest BCUT2D eigenvalue weighted by Crippen LogP contribution is 2.35. The van der Waals surface area contributed by atoms with Gasteiger partial charge >= 0.3 is 0 Å². The van der Waals surface area contributed by atoms with Gasteiger partial charge in [0.1, 0.15) is 22.7 Å². The fourth-order valence-electron chi connectivity index (χ4n) is 4.36. The monoisotopic (exact) mass is 495 g/mol. The summed E-state index contributed by atoms with van der Waals surface area (Å²) < 4.78 is 21.2. The van der Waals surface area contributed by atoms with Crippen molar-refractivity contribution >= 4 is 33.5 Å². The number of imidazole rings is 1. The number of nitrogens with zero attached hydrogens (tertiary/aromatic N) is 4. The predicted molar refractivity (Wildman–Crippen MR) is 138 cm³/mol. The quantitative estimate of drug-likeness (QED) is 0.262. The number of anilines is 1. The lowest BCUT2D eigenvalue weighted by Crippen LogP contribution is -2.14. The molecule has 1 amide bonds. The fraction of sp³-hybridized carbons (Fsp3) is 0.148. The van der Waals surface area contributed by atoms with Crippen LogP contribution < -0.4 is 5.32 Å². The number of benzene rings is 1. The third kappa shape index (κ3) is 4.12. The molecule has 0 aliphatic rings. The van der Waals surface area contributed by atoms with Crippen molar-refractivity contribution in [2.24, 2.45) is 5.92 Å². The van der Waals surface area contributed by atoms with Crippen molar-refractivity contribution < 1.29 is 13.6 Å². The molecule has 0 fully saturated rings. The van der Waals surface area contributed by atoms with E-state index in [1.54, 1.807) is 61.4 Å². The van der Waals surface area contributed by atoms with Crippen LogP contribution in [-0.4, -0.2) is 36.0 Å². The minimum atomic E-state index is -0.470. The highest BCUT2D eigenvalue weighted by molar-refractivity contribution is 5.98. The molecule has 0 atom stereocenters. The van der Waals surface area contributed by atoms with E-state index in [0.717, 1.165) is 11.1 Å². The number of amides is 1. The van der Waals surface area contributed by atoms with Crippen molar-refractivity contribution in [3.05, 3.63) is 67.3 Å². The molecule has 5 aromatic heterocycles. The summed E-state index contributed by atoms with van der Waals surface area (Å²) in [4.78, 5) is 28.8. The van der Waals surface area contributed by atoms with Gasteiger partial charge in [-0.1, -0.05) is 13.8 Å². The van der Waals surface area contributed by atoms with Crippen LogP contribution >= 0.6 is 0 Å². The molecule has 6 rings (SSSR count). The van der Waals surface area contributed by atoms with E-state index in [4.69, 9.17) is 9.40 Å². The van der Waals surface area contributed by atoms with Gasteiger partial charge in [0.25, 0.3) is 0 Å². The Bertz CT molecular complexity index is 1750. The molecule has 184 valence electrons. The molecule has 0 spiro atoms. The van der Waals surface area contributed by atoms with Crippen molar-refractivity contribution in [3.8, 4) is 33.9 Å². The number of furan rings is 1. The minimum absolute atomic E-state index is 0.115. The van der Waals surface area contributed by atoms with E-state index in [1.807, 2.05) is 13.8 Å². The van der Waals surface area contributed by atoms with Crippen LogP contribution in [0.4, 0.5) is 10.1 Å². The van der Waals surface area contributed by atoms with Crippen molar-refractivity contribution in [1.29, 1.82) is 0 Å². The topological polar surface area (TPSA) is 125 Å². The van der Waals surface area contributed by atoms with Crippen molar-refractivity contribution in [2.75, 3.05) is 5.32 Å². The van der Waals surface area contributed by atoms with Gasteiger partial charge in [-0.2, -0.15) is 5.10 Å². The van der Waals surface area contributed by atoms with E-state index in [0.29, 0.717) is 56.9 Å². The summed E-state index contributed by atoms with van der Waals surface area (Å²) in [5, 5.41) is 10.4. The van der Waals surface area contributed by atoms with E-state index in [9.17, 15) is 4.79 Å². The molecule has 0 unspecified atom stereocenters. The highest BCUT2D eigenvalue weighted by Gasteiger charge is 2.21. The summed E-state index contributed by atoms with van der Waals surface area (Å²) in [6.07, 6.45) is 8.33. The summed E-state index contributed by atoms with van der Waals surface area (Å²) >= 11 is 0. The lowest BCUT2D eigenvalue weighted by molar-refractivity contribution is -0.116. The smallest absolute Gasteiger partial charge is 0.224 e. The van der Waals surface area contributed by atoms with Crippen molar-refractivity contribution in [1.82, 2.24) is 30.1 Å². The summed E-state index contributed by atoms with van der Waals surface area (Å²) in [6, 6.07) is 8.74. The summed E-state index contributed by atoms with van der Waals surface area (Å²) in [5.41, 5.74) is 5.05. The fourth-order valence-corrected chi connectivity index (χ4v) is 4.36.